The Morgan fingerprint density at radius 3 is 2.25 bits per heavy atom. The maximum Gasteiger partial charge on any atom is 0.261 e. The molecule has 0 bridgehead atoms. The van der Waals surface area contributed by atoms with E-state index in [1.165, 1.54) is 0 Å². The van der Waals surface area contributed by atoms with Gasteiger partial charge in [0.05, 0.1) is 4.47 Å². The van der Waals surface area contributed by atoms with E-state index in [0.29, 0.717) is 29.4 Å². The highest BCUT2D eigenvalue weighted by atomic mass is 79.9. The van der Waals surface area contributed by atoms with Gasteiger partial charge in [0.15, 0.2) is 0 Å². The lowest BCUT2D eigenvalue weighted by molar-refractivity contribution is 0.102. The van der Waals surface area contributed by atoms with E-state index in [1.807, 2.05) is 32.4 Å². The third-order valence-corrected chi connectivity index (χ3v) is 6.16. The Kier molecular flexibility index (Phi) is 7.47. The van der Waals surface area contributed by atoms with Gasteiger partial charge in [-0.3, -0.25) is 9.59 Å². The molecule has 2 N–H and O–H groups in total. The Hall–Kier alpha value is -2.08. The summed E-state index contributed by atoms with van der Waals surface area (Å²) in [6, 6.07) is 3.33. The van der Waals surface area contributed by atoms with E-state index in [-0.39, 0.29) is 16.7 Å². The van der Waals surface area contributed by atoms with Crippen LogP contribution in [-0.4, -0.2) is 15.6 Å². The summed E-state index contributed by atoms with van der Waals surface area (Å²) in [6.07, 6.45) is 3.86. The molecule has 0 saturated heterocycles. The van der Waals surface area contributed by atoms with Crippen LogP contribution >= 0.6 is 15.9 Å². The molecule has 0 atom stereocenters. The van der Waals surface area contributed by atoms with Crippen LogP contribution in [0.25, 0.3) is 0 Å². The fourth-order valence-electron chi connectivity index (χ4n) is 3.44. The van der Waals surface area contributed by atoms with Gasteiger partial charge in [0.25, 0.3) is 5.91 Å². The maximum atomic E-state index is 13.2. The molecule has 2 aromatic rings. The predicted molar refractivity (Wildman–Crippen MR) is 118 cm³/mol. The SMILES string of the molecule is CCCCc1c(C(=O)Nc2c(CC)cc(O)cc2CC)c(=O)c(Br)c(C)n1C. The molecule has 0 aliphatic rings. The summed E-state index contributed by atoms with van der Waals surface area (Å²) >= 11 is 3.36. The second kappa shape index (κ2) is 9.41. The van der Waals surface area contributed by atoms with Gasteiger partial charge in [-0.2, -0.15) is 0 Å². The number of amides is 1. The molecule has 1 heterocycles. The molecule has 0 aliphatic carbocycles. The van der Waals surface area contributed by atoms with Crippen molar-refractivity contribution in [2.75, 3.05) is 5.32 Å². The van der Waals surface area contributed by atoms with Gasteiger partial charge in [0.2, 0.25) is 5.43 Å². The van der Waals surface area contributed by atoms with Crippen molar-refractivity contribution < 1.29 is 9.90 Å². The summed E-state index contributed by atoms with van der Waals surface area (Å²) in [7, 11) is 1.89. The number of aromatic hydroxyl groups is 1. The molecule has 1 aromatic carbocycles. The minimum atomic E-state index is -0.400. The van der Waals surface area contributed by atoms with Gasteiger partial charge in [0, 0.05) is 24.1 Å². The molecule has 6 heteroatoms. The van der Waals surface area contributed by atoms with Gasteiger partial charge in [-0.05, 0) is 71.8 Å². The van der Waals surface area contributed by atoms with Crippen molar-refractivity contribution in [3.63, 3.8) is 0 Å². The van der Waals surface area contributed by atoms with Gasteiger partial charge in [-0.15, -0.1) is 0 Å². The minimum Gasteiger partial charge on any atom is -0.508 e. The largest absolute Gasteiger partial charge is 0.508 e. The molecular formula is C22H29BrN2O3. The van der Waals surface area contributed by atoms with E-state index in [0.717, 1.165) is 35.4 Å². The van der Waals surface area contributed by atoms with E-state index < -0.39 is 5.91 Å². The maximum absolute atomic E-state index is 13.2. The average Bonchev–Trinajstić information content (AvgIpc) is 2.68. The van der Waals surface area contributed by atoms with E-state index in [1.54, 1.807) is 12.1 Å². The first-order valence-electron chi connectivity index (χ1n) is 9.80. The Bertz CT molecular complexity index is 923. The summed E-state index contributed by atoms with van der Waals surface area (Å²) in [5, 5.41) is 12.9. The highest BCUT2D eigenvalue weighted by molar-refractivity contribution is 9.10. The zero-order valence-electron chi connectivity index (χ0n) is 17.3. The van der Waals surface area contributed by atoms with Crippen molar-refractivity contribution in [1.82, 2.24) is 4.57 Å². The van der Waals surface area contributed by atoms with Crippen molar-refractivity contribution in [2.45, 2.75) is 59.8 Å². The molecule has 5 nitrogen and oxygen atoms in total. The first-order valence-corrected chi connectivity index (χ1v) is 10.6. The number of halogens is 1. The van der Waals surface area contributed by atoms with Gasteiger partial charge >= 0.3 is 0 Å². The van der Waals surface area contributed by atoms with Crippen LogP contribution in [0.3, 0.4) is 0 Å². The molecule has 0 spiro atoms. The van der Waals surface area contributed by atoms with Crippen molar-refractivity contribution >= 4 is 27.5 Å². The summed E-state index contributed by atoms with van der Waals surface area (Å²) in [5.41, 5.74) is 3.85. The Balaban J connectivity index is 2.61. The van der Waals surface area contributed by atoms with Crippen LogP contribution in [0.5, 0.6) is 5.75 Å². The number of phenolic OH excluding ortho intramolecular Hbond substituents is 1. The number of aromatic nitrogens is 1. The van der Waals surface area contributed by atoms with Gasteiger partial charge < -0.3 is 15.0 Å². The van der Waals surface area contributed by atoms with Gasteiger partial charge in [0.1, 0.15) is 11.3 Å². The molecule has 0 fully saturated rings. The van der Waals surface area contributed by atoms with Crippen LogP contribution in [0.1, 0.15) is 66.5 Å². The summed E-state index contributed by atoms with van der Waals surface area (Å²) in [6.45, 7) is 7.89. The van der Waals surface area contributed by atoms with Crippen LogP contribution in [0, 0.1) is 6.92 Å². The number of carbonyl (C=O) groups is 1. The highest BCUT2D eigenvalue weighted by Crippen LogP contribution is 2.29. The van der Waals surface area contributed by atoms with Crippen molar-refractivity contribution in [3.05, 3.63) is 54.9 Å². The van der Waals surface area contributed by atoms with Crippen LogP contribution in [0.2, 0.25) is 0 Å². The molecule has 0 unspecified atom stereocenters. The number of hydrogen-bond acceptors (Lipinski definition) is 3. The summed E-state index contributed by atoms with van der Waals surface area (Å²) in [4.78, 5) is 26.2. The predicted octanol–water partition coefficient (Wildman–Crippen LogP) is 4.88. The second-order valence-electron chi connectivity index (χ2n) is 7.01. The number of nitrogens with one attached hydrogen (secondary N) is 1. The number of rotatable bonds is 7. The summed E-state index contributed by atoms with van der Waals surface area (Å²) in [5.74, 6) is -0.216. The van der Waals surface area contributed by atoms with Crippen LogP contribution in [0.15, 0.2) is 21.4 Å². The number of phenols is 1. The quantitative estimate of drug-likeness (QED) is 0.592. The van der Waals surface area contributed by atoms with Crippen molar-refractivity contribution in [2.24, 2.45) is 7.05 Å². The highest BCUT2D eigenvalue weighted by Gasteiger charge is 2.23. The van der Waals surface area contributed by atoms with E-state index in [4.69, 9.17) is 0 Å². The molecule has 28 heavy (non-hydrogen) atoms. The Morgan fingerprint density at radius 2 is 1.75 bits per heavy atom. The van der Waals surface area contributed by atoms with E-state index >= 15 is 0 Å². The molecule has 0 saturated carbocycles. The lowest BCUT2D eigenvalue weighted by Gasteiger charge is -2.20. The number of carbonyl (C=O) groups excluding carboxylic acids is 1. The van der Waals surface area contributed by atoms with Gasteiger partial charge in [-0.1, -0.05) is 27.2 Å². The molecule has 1 amide bonds. The number of aryl methyl sites for hydroxylation is 2. The van der Waals surface area contributed by atoms with Crippen LogP contribution in [0.4, 0.5) is 5.69 Å². The molecular weight excluding hydrogens is 420 g/mol. The number of benzene rings is 1. The number of hydrogen-bond donors (Lipinski definition) is 2. The standard InChI is InChI=1S/C22H29BrN2O3/c1-6-9-10-17-18(21(27)19(23)13(4)25(17)5)22(28)24-20-14(7-2)11-16(26)12-15(20)8-3/h11-12,26H,6-10H2,1-5H3,(H,24,28). The first kappa shape index (κ1) is 22.2. The lowest BCUT2D eigenvalue weighted by Crippen LogP contribution is -2.29. The second-order valence-corrected chi connectivity index (χ2v) is 7.81. The normalized spacial score (nSPS) is 10.9. The average molecular weight is 449 g/mol. The fraction of sp³-hybridized carbons (Fsp3) is 0.455. The number of pyridine rings is 1. The molecule has 152 valence electrons. The number of unbranched alkanes of at least 4 members (excludes halogenated alkanes) is 1. The molecule has 1 aromatic heterocycles. The zero-order chi connectivity index (χ0) is 21.0. The third-order valence-electron chi connectivity index (χ3n) is 5.22. The summed E-state index contributed by atoms with van der Waals surface area (Å²) < 4.78 is 2.34. The van der Waals surface area contributed by atoms with Crippen LogP contribution < -0.4 is 10.7 Å². The topological polar surface area (TPSA) is 71.3 Å². The van der Waals surface area contributed by atoms with E-state index in [2.05, 4.69) is 28.2 Å². The first-order chi connectivity index (χ1) is 13.3. The smallest absolute Gasteiger partial charge is 0.261 e. The number of nitrogens with zero attached hydrogens (tertiary/aromatic N) is 1. The minimum absolute atomic E-state index is 0.185. The third kappa shape index (κ3) is 4.32. The van der Waals surface area contributed by atoms with Crippen molar-refractivity contribution in [1.29, 1.82) is 0 Å². The Morgan fingerprint density at radius 1 is 1.18 bits per heavy atom. The molecule has 2 rings (SSSR count). The number of anilines is 1. The Labute approximate surface area is 174 Å². The fourth-order valence-corrected chi connectivity index (χ4v) is 3.90. The zero-order valence-corrected chi connectivity index (χ0v) is 18.9. The van der Waals surface area contributed by atoms with Crippen molar-refractivity contribution in [3.8, 4) is 5.75 Å². The lowest BCUT2D eigenvalue weighted by atomic mass is 10.0. The van der Waals surface area contributed by atoms with Gasteiger partial charge in [-0.25, -0.2) is 0 Å². The van der Waals surface area contributed by atoms with Crippen LogP contribution in [-0.2, 0) is 26.3 Å². The van der Waals surface area contributed by atoms with E-state index in [9.17, 15) is 14.7 Å². The molecule has 0 radical (unpaired) electrons. The molecule has 0 aliphatic heterocycles. The monoisotopic (exact) mass is 448 g/mol.